The maximum Gasteiger partial charge on any atom is 0.241 e. The third-order valence-electron chi connectivity index (χ3n) is 3.65. The first-order chi connectivity index (χ1) is 11.1. The highest BCUT2D eigenvalue weighted by Gasteiger charge is 2.24. The van der Waals surface area contributed by atoms with E-state index >= 15 is 0 Å². The lowest BCUT2D eigenvalue weighted by molar-refractivity contribution is -0.121. The van der Waals surface area contributed by atoms with Crippen LogP contribution < -0.4 is 14.4 Å². The molecule has 0 bridgehead atoms. The van der Waals surface area contributed by atoms with Crippen molar-refractivity contribution in [3.05, 3.63) is 24.3 Å². The van der Waals surface area contributed by atoms with Crippen molar-refractivity contribution in [1.82, 2.24) is 5.32 Å². The molecule has 1 rings (SSSR count). The molecule has 0 aromatic heterocycles. The average molecular weight is 356 g/mol. The minimum Gasteiger partial charge on any atom is -0.494 e. The van der Waals surface area contributed by atoms with E-state index in [4.69, 9.17) is 4.74 Å². The first-order valence-corrected chi connectivity index (χ1v) is 9.95. The Morgan fingerprint density at radius 1 is 1.21 bits per heavy atom. The van der Waals surface area contributed by atoms with Gasteiger partial charge in [-0.25, -0.2) is 8.42 Å². The van der Waals surface area contributed by atoms with E-state index < -0.39 is 10.0 Å². The van der Waals surface area contributed by atoms with Crippen LogP contribution in [-0.4, -0.2) is 39.3 Å². The number of nitrogens with one attached hydrogen (secondary N) is 1. The smallest absolute Gasteiger partial charge is 0.241 e. The Morgan fingerprint density at radius 2 is 1.79 bits per heavy atom. The molecule has 136 valence electrons. The normalized spacial score (nSPS) is 11.9. The maximum absolute atomic E-state index is 12.2. The topological polar surface area (TPSA) is 75.7 Å². The predicted octanol–water partition coefficient (Wildman–Crippen LogP) is 2.55. The molecule has 1 amide bonds. The summed E-state index contributed by atoms with van der Waals surface area (Å²) in [5, 5.41) is 2.85. The molecular formula is C17H28N2O4S. The number of anilines is 1. The highest BCUT2D eigenvalue weighted by Crippen LogP contribution is 2.22. The van der Waals surface area contributed by atoms with Crippen molar-refractivity contribution < 1.29 is 17.9 Å². The monoisotopic (exact) mass is 356 g/mol. The molecule has 0 atom stereocenters. The van der Waals surface area contributed by atoms with E-state index in [-0.39, 0.29) is 18.0 Å². The van der Waals surface area contributed by atoms with E-state index in [2.05, 4.69) is 5.32 Å². The molecule has 0 aliphatic heterocycles. The van der Waals surface area contributed by atoms with Crippen molar-refractivity contribution in [2.75, 3.05) is 23.7 Å². The zero-order chi connectivity index (χ0) is 18.4. The molecule has 0 saturated carbocycles. The SMILES string of the molecule is CCCOc1ccc(N(CC(=O)NC(C)(C)CC)S(C)(=O)=O)cc1. The van der Waals surface area contributed by atoms with Gasteiger partial charge in [0.15, 0.2) is 0 Å². The first-order valence-electron chi connectivity index (χ1n) is 8.10. The lowest BCUT2D eigenvalue weighted by Crippen LogP contribution is -2.48. The fourth-order valence-electron chi connectivity index (χ4n) is 1.96. The molecule has 7 heteroatoms. The van der Waals surface area contributed by atoms with E-state index in [1.807, 2.05) is 27.7 Å². The van der Waals surface area contributed by atoms with Gasteiger partial charge in [-0.3, -0.25) is 9.10 Å². The number of hydrogen-bond donors (Lipinski definition) is 1. The van der Waals surface area contributed by atoms with Crippen LogP contribution in [0.3, 0.4) is 0 Å². The molecule has 0 heterocycles. The summed E-state index contributed by atoms with van der Waals surface area (Å²) in [6.07, 6.45) is 2.73. The number of ether oxygens (including phenoxy) is 1. The van der Waals surface area contributed by atoms with Gasteiger partial charge in [0.1, 0.15) is 12.3 Å². The largest absolute Gasteiger partial charge is 0.494 e. The fraction of sp³-hybridized carbons (Fsp3) is 0.588. The molecule has 0 radical (unpaired) electrons. The fourth-order valence-corrected chi connectivity index (χ4v) is 2.82. The Balaban J connectivity index is 2.92. The van der Waals surface area contributed by atoms with E-state index in [0.717, 1.165) is 23.4 Å². The molecule has 1 aromatic carbocycles. The molecule has 0 aliphatic carbocycles. The first kappa shape index (κ1) is 20.3. The Labute approximate surface area is 145 Å². The van der Waals surface area contributed by atoms with Crippen molar-refractivity contribution in [2.45, 2.75) is 46.1 Å². The van der Waals surface area contributed by atoms with E-state index in [1.165, 1.54) is 0 Å². The molecule has 1 N–H and O–H groups in total. The van der Waals surface area contributed by atoms with Gasteiger partial charge in [0.05, 0.1) is 18.6 Å². The summed E-state index contributed by atoms with van der Waals surface area (Å²) in [6, 6.07) is 6.70. The molecule has 0 aliphatic rings. The third-order valence-corrected chi connectivity index (χ3v) is 4.79. The highest BCUT2D eigenvalue weighted by atomic mass is 32.2. The van der Waals surface area contributed by atoms with Crippen LogP contribution in [0.25, 0.3) is 0 Å². The van der Waals surface area contributed by atoms with Gasteiger partial charge in [-0.1, -0.05) is 13.8 Å². The van der Waals surface area contributed by atoms with Crippen LogP contribution in [0.5, 0.6) is 5.75 Å². The van der Waals surface area contributed by atoms with Gasteiger partial charge < -0.3 is 10.1 Å². The standard InChI is InChI=1S/C17H28N2O4S/c1-6-12-23-15-10-8-14(9-11-15)19(24(5,21)22)13-16(20)18-17(3,4)7-2/h8-11H,6-7,12-13H2,1-5H3,(H,18,20). The zero-order valence-corrected chi connectivity index (χ0v) is 15.9. The number of benzene rings is 1. The maximum atomic E-state index is 12.2. The van der Waals surface area contributed by atoms with Gasteiger partial charge in [0.2, 0.25) is 15.9 Å². The Hall–Kier alpha value is -1.76. The van der Waals surface area contributed by atoms with Gasteiger partial charge in [-0.05, 0) is 51.0 Å². The van der Waals surface area contributed by atoms with Gasteiger partial charge in [0, 0.05) is 5.54 Å². The minimum absolute atomic E-state index is 0.253. The number of amides is 1. The molecule has 0 fully saturated rings. The van der Waals surface area contributed by atoms with Crippen LogP contribution in [0.2, 0.25) is 0 Å². The predicted molar refractivity (Wildman–Crippen MR) is 96.9 cm³/mol. The average Bonchev–Trinajstić information content (AvgIpc) is 2.50. The Kier molecular flexibility index (Phi) is 7.08. The Morgan fingerprint density at radius 3 is 2.25 bits per heavy atom. The van der Waals surface area contributed by atoms with Crippen LogP contribution in [0.1, 0.15) is 40.5 Å². The van der Waals surface area contributed by atoms with Crippen molar-refractivity contribution in [3.8, 4) is 5.75 Å². The quantitative estimate of drug-likeness (QED) is 0.738. The van der Waals surface area contributed by atoms with Crippen molar-refractivity contribution >= 4 is 21.6 Å². The van der Waals surface area contributed by atoms with Gasteiger partial charge in [-0.15, -0.1) is 0 Å². The second kappa shape index (κ2) is 8.37. The lowest BCUT2D eigenvalue weighted by Gasteiger charge is -2.27. The van der Waals surface area contributed by atoms with Crippen molar-refractivity contribution in [1.29, 1.82) is 0 Å². The van der Waals surface area contributed by atoms with Crippen LogP contribution in [0.4, 0.5) is 5.69 Å². The van der Waals surface area contributed by atoms with E-state index in [0.29, 0.717) is 18.0 Å². The molecule has 0 saturated heterocycles. The van der Waals surface area contributed by atoms with Crippen molar-refractivity contribution in [3.63, 3.8) is 0 Å². The second-order valence-corrected chi connectivity index (χ2v) is 8.30. The summed E-state index contributed by atoms with van der Waals surface area (Å²) < 4.78 is 30.7. The Bertz CT molecular complexity index is 639. The number of hydrogen-bond acceptors (Lipinski definition) is 4. The van der Waals surface area contributed by atoms with Crippen LogP contribution in [0, 0.1) is 0 Å². The van der Waals surface area contributed by atoms with Gasteiger partial charge in [-0.2, -0.15) is 0 Å². The number of sulfonamides is 1. The molecule has 6 nitrogen and oxygen atoms in total. The molecule has 0 unspecified atom stereocenters. The molecule has 24 heavy (non-hydrogen) atoms. The number of carbonyl (C=O) groups excluding carboxylic acids is 1. The minimum atomic E-state index is -3.57. The summed E-state index contributed by atoms with van der Waals surface area (Å²) in [5.74, 6) is 0.337. The van der Waals surface area contributed by atoms with Crippen LogP contribution >= 0.6 is 0 Å². The number of carbonyl (C=O) groups is 1. The number of nitrogens with zero attached hydrogens (tertiary/aromatic N) is 1. The molecule has 1 aromatic rings. The molecule has 0 spiro atoms. The van der Waals surface area contributed by atoms with Crippen LogP contribution in [-0.2, 0) is 14.8 Å². The summed E-state index contributed by atoms with van der Waals surface area (Å²) >= 11 is 0. The second-order valence-electron chi connectivity index (χ2n) is 6.40. The zero-order valence-electron chi connectivity index (χ0n) is 15.1. The van der Waals surface area contributed by atoms with Gasteiger partial charge in [0.25, 0.3) is 0 Å². The highest BCUT2D eigenvalue weighted by molar-refractivity contribution is 7.92. The summed E-state index contributed by atoms with van der Waals surface area (Å²) in [5.41, 5.74) is 0.0591. The van der Waals surface area contributed by atoms with Gasteiger partial charge >= 0.3 is 0 Å². The van der Waals surface area contributed by atoms with Crippen LogP contribution in [0.15, 0.2) is 24.3 Å². The lowest BCUT2D eigenvalue weighted by atomic mass is 10.0. The third kappa shape index (κ3) is 6.39. The molecular weight excluding hydrogens is 328 g/mol. The summed E-state index contributed by atoms with van der Waals surface area (Å²) in [4.78, 5) is 12.2. The van der Waals surface area contributed by atoms with E-state index in [1.54, 1.807) is 24.3 Å². The van der Waals surface area contributed by atoms with E-state index in [9.17, 15) is 13.2 Å². The number of rotatable bonds is 9. The summed E-state index contributed by atoms with van der Waals surface area (Å²) in [6.45, 7) is 8.12. The summed E-state index contributed by atoms with van der Waals surface area (Å²) in [7, 11) is -3.57. The van der Waals surface area contributed by atoms with Crippen molar-refractivity contribution in [2.24, 2.45) is 0 Å².